The number of rotatable bonds is 7. The number of nitrogens with zero attached hydrogens (tertiary/aromatic N) is 1. The van der Waals surface area contributed by atoms with Crippen molar-refractivity contribution in [2.75, 3.05) is 7.11 Å². The highest BCUT2D eigenvalue weighted by atomic mass is 28.4. The van der Waals surface area contributed by atoms with Gasteiger partial charge in [0.15, 0.2) is 14.4 Å². The third kappa shape index (κ3) is 7.26. The highest BCUT2D eigenvalue weighted by Crippen LogP contribution is 2.41. The van der Waals surface area contributed by atoms with Gasteiger partial charge in [-0.2, -0.15) is 4.39 Å². The average molecular weight is 473 g/mol. The standard InChI is InChI=1S/C21H33FN2O7Si/c1-20(2,3)30-19(26)23-16(18(25)29-7)17(31-32(8,9)21(4,5)6)13-10-11-14(22)15(12-13)24(27)28/h10-12,16-17H,1-9H3,(H,23,26)/t16-,17-/m1/s1. The lowest BCUT2D eigenvalue weighted by Crippen LogP contribution is -2.52. The van der Waals surface area contributed by atoms with Gasteiger partial charge in [-0.3, -0.25) is 10.1 Å². The summed E-state index contributed by atoms with van der Waals surface area (Å²) in [7, 11) is -1.45. The van der Waals surface area contributed by atoms with Crippen molar-refractivity contribution in [1.29, 1.82) is 0 Å². The van der Waals surface area contributed by atoms with E-state index in [1.54, 1.807) is 20.8 Å². The first kappa shape index (κ1) is 27.5. The van der Waals surface area contributed by atoms with Crippen LogP contribution in [0, 0.1) is 15.9 Å². The molecule has 9 nitrogen and oxygen atoms in total. The van der Waals surface area contributed by atoms with Crippen LogP contribution in [-0.4, -0.2) is 44.1 Å². The minimum Gasteiger partial charge on any atom is -0.467 e. The fourth-order valence-electron chi connectivity index (χ4n) is 2.49. The molecule has 0 aliphatic rings. The fraction of sp³-hybridized carbons (Fsp3) is 0.619. The van der Waals surface area contributed by atoms with Crippen molar-refractivity contribution in [3.8, 4) is 0 Å². The van der Waals surface area contributed by atoms with Crippen molar-refractivity contribution in [2.45, 2.75) is 77.4 Å². The Morgan fingerprint density at radius 1 is 1.16 bits per heavy atom. The Hall–Kier alpha value is -2.53. The molecule has 180 valence electrons. The molecule has 0 aromatic heterocycles. The number of nitro groups is 1. The molecular formula is C21H33FN2O7Si. The molecule has 1 amide bonds. The number of nitrogens with one attached hydrogen (secondary N) is 1. The van der Waals surface area contributed by atoms with Gasteiger partial charge in [-0.1, -0.05) is 26.8 Å². The molecule has 0 bridgehead atoms. The minimum atomic E-state index is -2.59. The zero-order chi connectivity index (χ0) is 25.1. The number of carbonyl (C=O) groups excluding carboxylic acids is 2. The summed E-state index contributed by atoms with van der Waals surface area (Å²) < 4.78 is 30.5. The first-order valence-electron chi connectivity index (χ1n) is 10.1. The molecule has 0 radical (unpaired) electrons. The fourth-order valence-corrected chi connectivity index (χ4v) is 3.75. The highest BCUT2D eigenvalue weighted by molar-refractivity contribution is 6.74. The second kappa shape index (κ2) is 9.95. The van der Waals surface area contributed by atoms with E-state index < -0.39 is 54.6 Å². The molecule has 0 aliphatic carbocycles. The summed E-state index contributed by atoms with van der Waals surface area (Å²) in [6.45, 7) is 14.7. The first-order valence-corrected chi connectivity index (χ1v) is 13.0. The van der Waals surface area contributed by atoms with Gasteiger partial charge in [0, 0.05) is 6.07 Å². The van der Waals surface area contributed by atoms with Crippen molar-refractivity contribution < 1.29 is 32.8 Å². The second-order valence-corrected chi connectivity index (χ2v) is 14.7. The van der Waals surface area contributed by atoms with Gasteiger partial charge in [0.25, 0.3) is 0 Å². The summed E-state index contributed by atoms with van der Waals surface area (Å²) in [5.41, 5.74) is -1.46. The third-order valence-electron chi connectivity index (χ3n) is 5.15. The number of methoxy groups -OCH3 is 1. The number of ether oxygens (including phenoxy) is 2. The Morgan fingerprint density at radius 2 is 1.72 bits per heavy atom. The topological polar surface area (TPSA) is 117 Å². The van der Waals surface area contributed by atoms with Gasteiger partial charge in [-0.05, 0) is 50.5 Å². The van der Waals surface area contributed by atoms with Gasteiger partial charge >= 0.3 is 17.7 Å². The predicted molar refractivity (Wildman–Crippen MR) is 119 cm³/mol. The molecule has 0 heterocycles. The van der Waals surface area contributed by atoms with Crippen LogP contribution in [0.25, 0.3) is 0 Å². The highest BCUT2D eigenvalue weighted by Gasteiger charge is 2.44. The molecule has 0 saturated carbocycles. The van der Waals surface area contributed by atoms with Gasteiger partial charge < -0.3 is 19.2 Å². The maximum absolute atomic E-state index is 14.0. The molecular weight excluding hydrogens is 439 g/mol. The van der Waals surface area contributed by atoms with Crippen LogP contribution in [0.2, 0.25) is 18.1 Å². The van der Waals surface area contributed by atoms with E-state index in [-0.39, 0.29) is 10.6 Å². The molecule has 32 heavy (non-hydrogen) atoms. The van der Waals surface area contributed by atoms with Crippen LogP contribution in [0.5, 0.6) is 0 Å². The summed E-state index contributed by atoms with van der Waals surface area (Å²) in [6, 6.07) is 1.82. The minimum absolute atomic E-state index is 0.148. The van der Waals surface area contributed by atoms with Crippen LogP contribution in [0.3, 0.4) is 0 Å². The van der Waals surface area contributed by atoms with Crippen molar-refractivity contribution in [3.05, 3.63) is 39.7 Å². The summed E-state index contributed by atoms with van der Waals surface area (Å²) >= 11 is 0. The van der Waals surface area contributed by atoms with Crippen molar-refractivity contribution in [1.82, 2.24) is 5.32 Å². The predicted octanol–water partition coefficient (Wildman–Crippen LogP) is 4.86. The molecule has 0 aliphatic heterocycles. The number of hydrogen-bond acceptors (Lipinski definition) is 7. The van der Waals surface area contributed by atoms with E-state index in [1.807, 2.05) is 33.9 Å². The summed E-state index contributed by atoms with van der Waals surface area (Å²) in [4.78, 5) is 35.6. The molecule has 11 heteroatoms. The van der Waals surface area contributed by atoms with Gasteiger partial charge in [0.1, 0.15) is 11.7 Å². The van der Waals surface area contributed by atoms with E-state index in [9.17, 15) is 24.1 Å². The number of hydrogen-bond donors (Lipinski definition) is 1. The monoisotopic (exact) mass is 472 g/mol. The average Bonchev–Trinajstić information content (AvgIpc) is 2.61. The largest absolute Gasteiger partial charge is 0.467 e. The van der Waals surface area contributed by atoms with E-state index in [4.69, 9.17) is 13.9 Å². The van der Waals surface area contributed by atoms with E-state index in [0.29, 0.717) is 0 Å². The van der Waals surface area contributed by atoms with Crippen molar-refractivity contribution in [3.63, 3.8) is 0 Å². The van der Waals surface area contributed by atoms with E-state index in [2.05, 4.69) is 5.32 Å². The Kier molecular flexibility index (Phi) is 8.55. The van der Waals surface area contributed by atoms with Crippen LogP contribution >= 0.6 is 0 Å². The number of esters is 1. The first-order chi connectivity index (χ1) is 14.4. The molecule has 0 spiro atoms. The quantitative estimate of drug-likeness (QED) is 0.260. The number of halogens is 1. The number of carbonyl (C=O) groups is 2. The number of nitro benzene ring substituents is 1. The normalized spacial score (nSPS) is 14.3. The Labute approximate surface area is 188 Å². The van der Waals surface area contributed by atoms with Crippen LogP contribution in [-0.2, 0) is 18.7 Å². The smallest absolute Gasteiger partial charge is 0.408 e. The number of benzene rings is 1. The van der Waals surface area contributed by atoms with E-state index in [0.717, 1.165) is 19.2 Å². The lowest BCUT2D eigenvalue weighted by Gasteiger charge is -2.41. The Balaban J connectivity index is 3.59. The summed E-state index contributed by atoms with van der Waals surface area (Å²) in [5.74, 6) is -1.87. The van der Waals surface area contributed by atoms with Crippen molar-refractivity contribution in [2.24, 2.45) is 0 Å². The zero-order valence-electron chi connectivity index (χ0n) is 20.1. The molecule has 1 aromatic rings. The SMILES string of the molecule is COC(=O)[C@H](NC(=O)OC(C)(C)C)[C@H](O[Si](C)(C)C(C)(C)C)c1ccc(F)c([N+](=O)[O-])c1. The van der Waals surface area contributed by atoms with Gasteiger partial charge in [-0.15, -0.1) is 0 Å². The Morgan fingerprint density at radius 3 is 2.16 bits per heavy atom. The molecule has 1 rings (SSSR count). The van der Waals surface area contributed by atoms with E-state index >= 15 is 0 Å². The van der Waals surface area contributed by atoms with Gasteiger partial charge in [0.05, 0.1) is 12.0 Å². The van der Waals surface area contributed by atoms with Crippen LogP contribution in [0.4, 0.5) is 14.9 Å². The maximum atomic E-state index is 14.0. The maximum Gasteiger partial charge on any atom is 0.408 e. The lowest BCUT2D eigenvalue weighted by atomic mass is 10.0. The molecule has 1 aromatic carbocycles. The molecule has 1 N–H and O–H groups in total. The number of alkyl carbamates (subject to hydrolysis) is 1. The lowest BCUT2D eigenvalue weighted by molar-refractivity contribution is -0.387. The summed E-state index contributed by atoms with van der Waals surface area (Å²) in [5, 5.41) is 13.4. The molecule has 0 fully saturated rings. The van der Waals surface area contributed by atoms with E-state index in [1.165, 1.54) is 6.07 Å². The van der Waals surface area contributed by atoms with Crippen molar-refractivity contribution >= 4 is 26.1 Å². The van der Waals surface area contributed by atoms with Gasteiger partial charge in [-0.25, -0.2) is 9.59 Å². The number of amides is 1. The van der Waals surface area contributed by atoms with Crippen LogP contribution in [0.15, 0.2) is 18.2 Å². The second-order valence-electron chi connectivity index (χ2n) is 9.91. The molecule has 0 unspecified atom stereocenters. The molecule has 2 atom stereocenters. The van der Waals surface area contributed by atoms with Crippen LogP contribution < -0.4 is 5.32 Å². The Bertz CT molecular complexity index is 863. The van der Waals surface area contributed by atoms with Gasteiger partial charge in [0.2, 0.25) is 5.82 Å². The summed E-state index contributed by atoms with van der Waals surface area (Å²) in [6.07, 6.45) is -2.08. The zero-order valence-corrected chi connectivity index (χ0v) is 21.1. The third-order valence-corrected chi connectivity index (χ3v) is 9.61. The van der Waals surface area contributed by atoms with Crippen LogP contribution in [0.1, 0.15) is 53.2 Å². The molecule has 0 saturated heterocycles.